The van der Waals surface area contributed by atoms with Crippen LogP contribution >= 0.6 is 23.1 Å². The quantitative estimate of drug-likeness (QED) is 0.857. The molecule has 1 nitrogen and oxygen atoms in total. The number of thiophene rings is 1. The summed E-state index contributed by atoms with van der Waals surface area (Å²) in [5.74, 6) is 3.54. The van der Waals surface area contributed by atoms with Crippen LogP contribution in [-0.2, 0) is 0 Å². The summed E-state index contributed by atoms with van der Waals surface area (Å²) in [6.07, 6.45) is 3.91. The normalized spacial score (nSPS) is 20.9. The van der Waals surface area contributed by atoms with Gasteiger partial charge in [-0.1, -0.05) is 0 Å². The summed E-state index contributed by atoms with van der Waals surface area (Å²) in [7, 11) is 0. The number of hydrogen-bond acceptors (Lipinski definition) is 3. The zero-order valence-corrected chi connectivity index (χ0v) is 9.95. The van der Waals surface area contributed by atoms with Crippen LogP contribution < -0.4 is 5.73 Å². The second-order valence-corrected chi connectivity index (χ2v) is 5.96. The molecule has 1 aliphatic heterocycles. The first-order valence-corrected chi connectivity index (χ1v) is 7.31. The summed E-state index contributed by atoms with van der Waals surface area (Å²) in [6, 6.07) is 2.43. The van der Waals surface area contributed by atoms with E-state index in [9.17, 15) is 0 Å². The van der Waals surface area contributed by atoms with Gasteiger partial charge in [0.15, 0.2) is 0 Å². The fourth-order valence-electron chi connectivity index (χ4n) is 1.96. The van der Waals surface area contributed by atoms with Gasteiger partial charge in [-0.25, -0.2) is 0 Å². The molecule has 1 aromatic rings. The molecule has 1 fully saturated rings. The number of nitrogens with two attached hydrogens (primary N) is 1. The Hall–Kier alpha value is 0.01000. The molecule has 78 valence electrons. The Morgan fingerprint density at radius 2 is 2.21 bits per heavy atom. The van der Waals surface area contributed by atoms with Crippen molar-refractivity contribution in [2.45, 2.75) is 25.3 Å². The van der Waals surface area contributed by atoms with E-state index < -0.39 is 0 Å². The van der Waals surface area contributed by atoms with Crippen molar-refractivity contribution in [3.05, 3.63) is 22.4 Å². The van der Waals surface area contributed by atoms with Crippen LogP contribution in [-0.4, -0.2) is 11.5 Å². The van der Waals surface area contributed by atoms with E-state index >= 15 is 0 Å². The average Bonchev–Trinajstić information content (AvgIpc) is 2.72. The third kappa shape index (κ3) is 2.75. The first-order valence-electron chi connectivity index (χ1n) is 5.21. The summed E-state index contributed by atoms with van der Waals surface area (Å²) in [5, 5.41) is 4.30. The second-order valence-electron chi connectivity index (χ2n) is 3.95. The zero-order valence-electron chi connectivity index (χ0n) is 8.32. The summed E-state index contributed by atoms with van der Waals surface area (Å²) in [4.78, 5) is 0. The lowest BCUT2D eigenvalue weighted by molar-refractivity contribution is 0.413. The zero-order chi connectivity index (χ0) is 9.80. The van der Waals surface area contributed by atoms with Gasteiger partial charge in [0.05, 0.1) is 0 Å². The molecule has 3 heteroatoms. The molecular weight excluding hydrogens is 210 g/mol. The van der Waals surface area contributed by atoms with Gasteiger partial charge in [0, 0.05) is 6.04 Å². The van der Waals surface area contributed by atoms with E-state index in [0.29, 0.717) is 0 Å². The minimum Gasteiger partial charge on any atom is -0.324 e. The number of hydrogen-bond donors (Lipinski definition) is 1. The molecule has 1 atom stereocenters. The lowest BCUT2D eigenvalue weighted by Gasteiger charge is -2.23. The molecular formula is C11H17NS2. The second kappa shape index (κ2) is 5.19. The first-order chi connectivity index (χ1) is 6.86. The van der Waals surface area contributed by atoms with Gasteiger partial charge in [-0.2, -0.15) is 23.1 Å². The van der Waals surface area contributed by atoms with Crippen LogP contribution in [0.25, 0.3) is 0 Å². The summed E-state index contributed by atoms with van der Waals surface area (Å²) in [5.41, 5.74) is 7.50. The summed E-state index contributed by atoms with van der Waals surface area (Å²) < 4.78 is 0. The molecule has 0 spiro atoms. The standard InChI is InChI=1S/C11H17NS2/c12-11(10-3-6-14-8-10)7-9-1-4-13-5-2-9/h3,6,8-9,11H,1-2,4-5,7,12H2. The van der Waals surface area contributed by atoms with Crippen LogP contribution in [0.5, 0.6) is 0 Å². The molecule has 0 aromatic carbocycles. The fourth-order valence-corrected chi connectivity index (χ4v) is 3.89. The van der Waals surface area contributed by atoms with Crippen molar-refractivity contribution in [3.63, 3.8) is 0 Å². The molecule has 0 amide bonds. The largest absolute Gasteiger partial charge is 0.324 e. The number of rotatable bonds is 3. The van der Waals surface area contributed by atoms with Gasteiger partial charge < -0.3 is 5.73 Å². The topological polar surface area (TPSA) is 26.0 Å². The van der Waals surface area contributed by atoms with E-state index in [1.165, 1.54) is 36.3 Å². The molecule has 0 saturated carbocycles. The number of thioether (sulfide) groups is 1. The van der Waals surface area contributed by atoms with Crippen LogP contribution in [0.1, 0.15) is 30.9 Å². The molecule has 1 unspecified atom stereocenters. The molecule has 2 rings (SSSR count). The minimum absolute atomic E-state index is 0.273. The van der Waals surface area contributed by atoms with Crippen LogP contribution in [0.4, 0.5) is 0 Å². The lowest BCUT2D eigenvalue weighted by atomic mass is 9.92. The Morgan fingerprint density at radius 1 is 1.43 bits per heavy atom. The molecule has 2 heterocycles. The fraction of sp³-hybridized carbons (Fsp3) is 0.636. The average molecular weight is 227 g/mol. The SMILES string of the molecule is NC(CC1CCSCC1)c1ccsc1. The van der Waals surface area contributed by atoms with E-state index in [2.05, 4.69) is 28.6 Å². The molecule has 0 radical (unpaired) electrons. The van der Waals surface area contributed by atoms with Crippen molar-refractivity contribution in [2.75, 3.05) is 11.5 Å². The van der Waals surface area contributed by atoms with Crippen molar-refractivity contribution in [1.29, 1.82) is 0 Å². The van der Waals surface area contributed by atoms with Crippen molar-refractivity contribution in [2.24, 2.45) is 11.7 Å². The highest BCUT2D eigenvalue weighted by molar-refractivity contribution is 7.99. The monoisotopic (exact) mass is 227 g/mol. The van der Waals surface area contributed by atoms with E-state index in [0.717, 1.165) is 5.92 Å². The van der Waals surface area contributed by atoms with Gasteiger partial charge in [-0.3, -0.25) is 0 Å². The third-order valence-corrected chi connectivity index (χ3v) is 4.65. The summed E-state index contributed by atoms with van der Waals surface area (Å²) >= 11 is 3.83. The Morgan fingerprint density at radius 3 is 2.86 bits per heavy atom. The van der Waals surface area contributed by atoms with Gasteiger partial charge in [-0.05, 0) is 59.1 Å². The molecule has 1 aliphatic rings. The third-order valence-electron chi connectivity index (χ3n) is 2.90. The molecule has 1 aromatic heterocycles. The highest BCUT2D eigenvalue weighted by Gasteiger charge is 2.17. The maximum Gasteiger partial charge on any atom is 0.0305 e. The maximum absolute atomic E-state index is 6.17. The minimum atomic E-state index is 0.273. The molecule has 1 saturated heterocycles. The lowest BCUT2D eigenvalue weighted by Crippen LogP contribution is -2.18. The van der Waals surface area contributed by atoms with Crippen molar-refractivity contribution in [3.8, 4) is 0 Å². The highest BCUT2D eigenvalue weighted by Crippen LogP contribution is 2.30. The predicted molar refractivity (Wildman–Crippen MR) is 65.9 cm³/mol. The van der Waals surface area contributed by atoms with Crippen molar-refractivity contribution < 1.29 is 0 Å². The highest BCUT2D eigenvalue weighted by atomic mass is 32.2. The van der Waals surface area contributed by atoms with Crippen molar-refractivity contribution in [1.82, 2.24) is 0 Å². The van der Waals surface area contributed by atoms with E-state index in [-0.39, 0.29) is 6.04 Å². The molecule has 0 aliphatic carbocycles. The maximum atomic E-state index is 6.17. The van der Waals surface area contributed by atoms with Crippen molar-refractivity contribution >= 4 is 23.1 Å². The van der Waals surface area contributed by atoms with E-state index in [4.69, 9.17) is 5.73 Å². The summed E-state index contributed by atoms with van der Waals surface area (Å²) in [6.45, 7) is 0. The smallest absolute Gasteiger partial charge is 0.0305 e. The van der Waals surface area contributed by atoms with E-state index in [1.54, 1.807) is 11.3 Å². The Bertz CT molecular complexity index is 252. The van der Waals surface area contributed by atoms with Gasteiger partial charge in [-0.15, -0.1) is 0 Å². The first kappa shape index (κ1) is 10.5. The Kier molecular flexibility index (Phi) is 3.90. The van der Waals surface area contributed by atoms with Gasteiger partial charge in [0.1, 0.15) is 0 Å². The molecule has 0 bridgehead atoms. The van der Waals surface area contributed by atoms with Crippen LogP contribution in [0, 0.1) is 5.92 Å². The van der Waals surface area contributed by atoms with Gasteiger partial charge >= 0.3 is 0 Å². The Labute approximate surface area is 94.1 Å². The van der Waals surface area contributed by atoms with Gasteiger partial charge in [0.2, 0.25) is 0 Å². The van der Waals surface area contributed by atoms with Crippen LogP contribution in [0.15, 0.2) is 16.8 Å². The van der Waals surface area contributed by atoms with Gasteiger partial charge in [0.25, 0.3) is 0 Å². The van der Waals surface area contributed by atoms with Crippen LogP contribution in [0.2, 0.25) is 0 Å². The van der Waals surface area contributed by atoms with E-state index in [1.807, 2.05) is 0 Å². The van der Waals surface area contributed by atoms with Crippen LogP contribution in [0.3, 0.4) is 0 Å². The molecule has 14 heavy (non-hydrogen) atoms. The predicted octanol–water partition coefficient (Wildman–Crippen LogP) is 3.28. The Balaban J connectivity index is 1.84. The molecule has 2 N–H and O–H groups in total.